The number of pyridine rings is 2. The van der Waals surface area contributed by atoms with Gasteiger partial charge in [0, 0.05) is 43.2 Å². The molecule has 0 bridgehead atoms. The highest BCUT2D eigenvalue weighted by Crippen LogP contribution is 2.22. The van der Waals surface area contributed by atoms with Crippen LogP contribution in [0, 0.1) is 5.92 Å². The average Bonchev–Trinajstić information content (AvgIpc) is 2.52. The SMILES string of the molecule is CCC(C)CC(=O)N1CCc2nc3ncccc3cc2C1. The van der Waals surface area contributed by atoms with Gasteiger partial charge in [-0.05, 0) is 29.7 Å². The maximum atomic E-state index is 12.3. The van der Waals surface area contributed by atoms with Crippen LogP contribution in [-0.4, -0.2) is 27.3 Å². The quantitative estimate of drug-likeness (QED) is 0.870. The summed E-state index contributed by atoms with van der Waals surface area (Å²) >= 11 is 0. The lowest BCUT2D eigenvalue weighted by Gasteiger charge is -2.29. The Hall–Kier alpha value is -1.97. The van der Waals surface area contributed by atoms with Gasteiger partial charge < -0.3 is 4.90 Å². The first-order valence-electron chi connectivity index (χ1n) is 7.68. The molecule has 1 atom stereocenters. The van der Waals surface area contributed by atoms with Gasteiger partial charge in [0.2, 0.25) is 5.91 Å². The van der Waals surface area contributed by atoms with E-state index in [1.807, 2.05) is 17.0 Å². The second-order valence-electron chi connectivity index (χ2n) is 5.93. The number of amides is 1. The fourth-order valence-electron chi connectivity index (χ4n) is 2.75. The van der Waals surface area contributed by atoms with Gasteiger partial charge in [-0.1, -0.05) is 20.3 Å². The van der Waals surface area contributed by atoms with E-state index in [0.29, 0.717) is 18.9 Å². The molecule has 21 heavy (non-hydrogen) atoms. The Morgan fingerprint density at radius 1 is 1.48 bits per heavy atom. The molecule has 0 radical (unpaired) electrons. The Morgan fingerprint density at radius 2 is 2.33 bits per heavy atom. The molecule has 3 heterocycles. The summed E-state index contributed by atoms with van der Waals surface area (Å²) in [6.07, 6.45) is 4.29. The van der Waals surface area contributed by atoms with Gasteiger partial charge in [0.05, 0.1) is 0 Å². The van der Waals surface area contributed by atoms with Crippen LogP contribution in [0.25, 0.3) is 11.0 Å². The third kappa shape index (κ3) is 2.89. The lowest BCUT2D eigenvalue weighted by atomic mass is 10.0. The van der Waals surface area contributed by atoms with Crippen molar-refractivity contribution in [3.05, 3.63) is 35.7 Å². The minimum atomic E-state index is 0.265. The topological polar surface area (TPSA) is 46.1 Å². The van der Waals surface area contributed by atoms with Crippen molar-refractivity contribution in [1.29, 1.82) is 0 Å². The van der Waals surface area contributed by atoms with Gasteiger partial charge in [0.1, 0.15) is 0 Å². The van der Waals surface area contributed by atoms with Gasteiger partial charge in [0.15, 0.2) is 5.65 Å². The summed E-state index contributed by atoms with van der Waals surface area (Å²) < 4.78 is 0. The number of hydrogen-bond donors (Lipinski definition) is 0. The highest BCUT2D eigenvalue weighted by Gasteiger charge is 2.23. The van der Waals surface area contributed by atoms with Crippen LogP contribution in [0.2, 0.25) is 0 Å². The molecule has 0 aromatic carbocycles. The summed E-state index contributed by atoms with van der Waals surface area (Å²) in [5, 5.41) is 1.05. The Labute approximate surface area is 125 Å². The molecule has 0 fully saturated rings. The number of rotatable bonds is 3. The van der Waals surface area contributed by atoms with Crippen molar-refractivity contribution in [2.75, 3.05) is 6.54 Å². The zero-order valence-electron chi connectivity index (χ0n) is 12.7. The molecule has 1 unspecified atom stereocenters. The Balaban J connectivity index is 1.81. The van der Waals surface area contributed by atoms with Gasteiger partial charge in [-0.15, -0.1) is 0 Å². The summed E-state index contributed by atoms with van der Waals surface area (Å²) in [5.41, 5.74) is 3.06. The van der Waals surface area contributed by atoms with Crippen molar-refractivity contribution in [3.8, 4) is 0 Å². The fraction of sp³-hybridized carbons (Fsp3) is 0.471. The Morgan fingerprint density at radius 3 is 3.14 bits per heavy atom. The van der Waals surface area contributed by atoms with Crippen LogP contribution in [0.5, 0.6) is 0 Å². The predicted octanol–water partition coefficient (Wildman–Crippen LogP) is 2.95. The van der Waals surface area contributed by atoms with Crippen molar-refractivity contribution in [3.63, 3.8) is 0 Å². The normalized spacial score (nSPS) is 15.8. The van der Waals surface area contributed by atoms with Crippen molar-refractivity contribution < 1.29 is 4.79 Å². The molecule has 2 aromatic heterocycles. The molecule has 4 nitrogen and oxygen atoms in total. The van der Waals surface area contributed by atoms with E-state index in [4.69, 9.17) is 0 Å². The second kappa shape index (κ2) is 5.80. The number of carbonyl (C=O) groups excluding carboxylic acids is 1. The van der Waals surface area contributed by atoms with Crippen LogP contribution in [-0.2, 0) is 17.8 Å². The third-order valence-electron chi connectivity index (χ3n) is 4.31. The van der Waals surface area contributed by atoms with E-state index in [1.54, 1.807) is 6.20 Å². The van der Waals surface area contributed by atoms with E-state index in [9.17, 15) is 4.79 Å². The smallest absolute Gasteiger partial charge is 0.223 e. The third-order valence-corrected chi connectivity index (χ3v) is 4.31. The van der Waals surface area contributed by atoms with E-state index in [2.05, 4.69) is 29.9 Å². The molecular weight excluding hydrogens is 262 g/mol. The van der Waals surface area contributed by atoms with Crippen LogP contribution < -0.4 is 0 Å². The van der Waals surface area contributed by atoms with Crippen LogP contribution in [0.15, 0.2) is 24.4 Å². The number of fused-ring (bicyclic) bond motifs is 2. The zero-order chi connectivity index (χ0) is 14.8. The highest BCUT2D eigenvalue weighted by molar-refractivity contribution is 5.78. The van der Waals surface area contributed by atoms with Crippen LogP contribution >= 0.6 is 0 Å². The lowest BCUT2D eigenvalue weighted by Crippen LogP contribution is -2.37. The predicted molar refractivity (Wildman–Crippen MR) is 82.7 cm³/mol. The maximum Gasteiger partial charge on any atom is 0.223 e. The Kier molecular flexibility index (Phi) is 3.86. The van der Waals surface area contributed by atoms with Crippen molar-refractivity contribution in [2.45, 2.75) is 39.7 Å². The molecule has 0 N–H and O–H groups in total. The zero-order valence-corrected chi connectivity index (χ0v) is 12.7. The van der Waals surface area contributed by atoms with Gasteiger partial charge in [-0.2, -0.15) is 0 Å². The Bertz CT molecular complexity index is 668. The molecule has 4 heteroatoms. The summed E-state index contributed by atoms with van der Waals surface area (Å²) in [7, 11) is 0. The molecule has 0 saturated heterocycles. The first kappa shape index (κ1) is 14.0. The molecule has 0 saturated carbocycles. The number of aromatic nitrogens is 2. The summed E-state index contributed by atoms with van der Waals surface area (Å²) in [6, 6.07) is 6.08. The fourth-order valence-corrected chi connectivity index (χ4v) is 2.75. The van der Waals surface area contributed by atoms with Crippen molar-refractivity contribution in [2.24, 2.45) is 5.92 Å². The number of carbonyl (C=O) groups is 1. The van der Waals surface area contributed by atoms with Crippen LogP contribution in [0.4, 0.5) is 0 Å². The van der Waals surface area contributed by atoms with E-state index < -0.39 is 0 Å². The van der Waals surface area contributed by atoms with E-state index >= 15 is 0 Å². The molecule has 2 aromatic rings. The molecule has 0 spiro atoms. The molecule has 0 aliphatic carbocycles. The van der Waals surface area contributed by atoms with E-state index in [1.165, 1.54) is 5.56 Å². The molecule has 1 aliphatic rings. The molecule has 1 amide bonds. The van der Waals surface area contributed by atoms with Gasteiger partial charge in [-0.25, -0.2) is 9.97 Å². The summed E-state index contributed by atoms with van der Waals surface area (Å²) in [6.45, 7) is 5.72. The van der Waals surface area contributed by atoms with Crippen molar-refractivity contribution >= 4 is 16.9 Å². The lowest BCUT2D eigenvalue weighted by molar-refractivity contribution is -0.133. The average molecular weight is 283 g/mol. The first-order valence-corrected chi connectivity index (χ1v) is 7.68. The van der Waals surface area contributed by atoms with Crippen LogP contribution in [0.3, 0.4) is 0 Å². The van der Waals surface area contributed by atoms with Crippen molar-refractivity contribution in [1.82, 2.24) is 14.9 Å². The van der Waals surface area contributed by atoms with E-state index in [0.717, 1.165) is 36.1 Å². The van der Waals surface area contributed by atoms with Gasteiger partial charge in [-0.3, -0.25) is 4.79 Å². The molecule has 1 aliphatic heterocycles. The van der Waals surface area contributed by atoms with Gasteiger partial charge in [0.25, 0.3) is 0 Å². The largest absolute Gasteiger partial charge is 0.338 e. The second-order valence-corrected chi connectivity index (χ2v) is 5.93. The molecular formula is C17H21N3O. The highest BCUT2D eigenvalue weighted by atomic mass is 16.2. The van der Waals surface area contributed by atoms with E-state index in [-0.39, 0.29) is 5.91 Å². The monoisotopic (exact) mass is 283 g/mol. The number of hydrogen-bond acceptors (Lipinski definition) is 3. The standard InChI is InChI=1S/C17H21N3O/c1-3-12(2)9-16(21)20-8-6-15-14(11-20)10-13-5-4-7-18-17(13)19-15/h4-5,7,10,12H,3,6,8-9,11H2,1-2H3. The summed E-state index contributed by atoms with van der Waals surface area (Å²) in [5.74, 6) is 0.721. The maximum absolute atomic E-state index is 12.3. The minimum absolute atomic E-state index is 0.265. The van der Waals surface area contributed by atoms with Crippen LogP contribution in [0.1, 0.15) is 37.9 Å². The minimum Gasteiger partial charge on any atom is -0.338 e. The first-order chi connectivity index (χ1) is 10.2. The number of nitrogens with zero attached hydrogens (tertiary/aromatic N) is 3. The summed E-state index contributed by atoms with van der Waals surface area (Å²) in [4.78, 5) is 23.2. The molecule has 3 rings (SSSR count). The molecule has 110 valence electrons. The van der Waals surface area contributed by atoms with Gasteiger partial charge >= 0.3 is 0 Å².